The molecule has 0 aliphatic heterocycles. The summed E-state index contributed by atoms with van der Waals surface area (Å²) in [5, 5.41) is 10.5. The lowest BCUT2D eigenvalue weighted by molar-refractivity contribution is -0.176. The Balaban J connectivity index is 1.50. The molecule has 29 heavy (non-hydrogen) atoms. The van der Waals surface area contributed by atoms with Gasteiger partial charge in [-0.2, -0.15) is 0 Å². The third kappa shape index (κ3) is 3.44. The van der Waals surface area contributed by atoms with Crippen LogP contribution in [-0.4, -0.2) is 11.7 Å². The van der Waals surface area contributed by atoms with Crippen LogP contribution in [0.4, 0.5) is 0 Å². The van der Waals surface area contributed by atoms with Crippen molar-refractivity contribution >= 4 is 0 Å². The molecule has 0 unspecified atom stereocenters. The first-order valence-electron chi connectivity index (χ1n) is 13.4. The van der Waals surface area contributed by atoms with E-state index in [-0.39, 0.29) is 5.41 Å². The van der Waals surface area contributed by atoms with Crippen LogP contribution < -0.4 is 0 Å². The Labute approximate surface area is 181 Å². The fourth-order valence-corrected chi connectivity index (χ4v) is 9.78. The van der Waals surface area contributed by atoms with Gasteiger partial charge in [0.2, 0.25) is 0 Å². The lowest BCUT2D eigenvalue weighted by Gasteiger charge is -2.65. The quantitative estimate of drug-likeness (QED) is 0.479. The average molecular weight is 403 g/mol. The second-order valence-electron chi connectivity index (χ2n) is 13.0. The zero-order chi connectivity index (χ0) is 20.9. The van der Waals surface area contributed by atoms with Gasteiger partial charge in [0.1, 0.15) is 0 Å². The molecule has 4 fully saturated rings. The van der Waals surface area contributed by atoms with Gasteiger partial charge in [0.25, 0.3) is 0 Å². The van der Waals surface area contributed by atoms with Gasteiger partial charge in [-0.1, -0.05) is 66.7 Å². The van der Waals surface area contributed by atoms with Crippen LogP contribution in [0, 0.1) is 51.8 Å². The highest BCUT2D eigenvalue weighted by molar-refractivity contribution is 5.12. The van der Waals surface area contributed by atoms with Crippen LogP contribution in [0.3, 0.4) is 0 Å². The van der Waals surface area contributed by atoms with Crippen molar-refractivity contribution in [3.8, 4) is 0 Å². The molecule has 0 aromatic carbocycles. The van der Waals surface area contributed by atoms with E-state index in [0.717, 1.165) is 35.5 Å². The van der Waals surface area contributed by atoms with Gasteiger partial charge in [0.15, 0.2) is 0 Å². The average Bonchev–Trinajstić information content (AvgIpc) is 3.04. The van der Waals surface area contributed by atoms with Crippen molar-refractivity contribution in [2.24, 2.45) is 51.8 Å². The SMILES string of the molecule is CC(C)CCC[C@@H](C)[C@H]1CC[C@H]2[C@@H]3CC[C@@]4(CO)CCCC[C@]4(C)[C@H]3CC[C@]12C. The molecule has 4 saturated carbocycles. The van der Waals surface area contributed by atoms with Gasteiger partial charge in [-0.3, -0.25) is 0 Å². The number of hydrogen-bond acceptors (Lipinski definition) is 1. The fraction of sp³-hybridized carbons (Fsp3) is 1.00. The van der Waals surface area contributed by atoms with Crippen LogP contribution >= 0.6 is 0 Å². The minimum Gasteiger partial charge on any atom is -0.396 e. The zero-order valence-corrected chi connectivity index (χ0v) is 20.3. The van der Waals surface area contributed by atoms with Crippen LogP contribution in [0.1, 0.15) is 118 Å². The summed E-state index contributed by atoms with van der Waals surface area (Å²) in [5.41, 5.74) is 1.26. The minimum absolute atomic E-state index is 0.252. The zero-order valence-electron chi connectivity index (χ0n) is 20.3. The molecule has 0 amide bonds. The third-order valence-corrected chi connectivity index (χ3v) is 11.5. The summed E-state index contributed by atoms with van der Waals surface area (Å²) in [6, 6.07) is 0. The van der Waals surface area contributed by atoms with Crippen LogP contribution in [0.25, 0.3) is 0 Å². The molecule has 4 aliphatic rings. The predicted molar refractivity (Wildman–Crippen MR) is 124 cm³/mol. The van der Waals surface area contributed by atoms with Crippen LogP contribution in [-0.2, 0) is 0 Å². The standard InChI is InChI=1S/C28H50O/c1-20(2)9-8-10-21(3)23-11-12-24-22-13-18-28(19-29)16-7-6-15-27(28,5)25(22)14-17-26(23,24)4/h20-25,29H,6-19H2,1-5H3/t21-,22+,23-,24+,25+,26-,27-,28-/m1/s1. The number of rotatable bonds is 6. The summed E-state index contributed by atoms with van der Waals surface area (Å²) >= 11 is 0. The minimum atomic E-state index is 0.252. The van der Waals surface area contributed by atoms with Crippen molar-refractivity contribution in [1.29, 1.82) is 0 Å². The monoisotopic (exact) mass is 402 g/mol. The maximum absolute atomic E-state index is 10.5. The van der Waals surface area contributed by atoms with Crippen molar-refractivity contribution in [3.63, 3.8) is 0 Å². The van der Waals surface area contributed by atoms with E-state index in [2.05, 4.69) is 34.6 Å². The Kier molecular flexibility index (Phi) is 6.22. The first kappa shape index (κ1) is 22.2. The van der Waals surface area contributed by atoms with Gasteiger partial charge in [0.05, 0.1) is 0 Å². The second kappa shape index (κ2) is 8.14. The highest BCUT2D eigenvalue weighted by Crippen LogP contribution is 2.71. The molecular formula is C28H50O. The summed E-state index contributed by atoms with van der Waals surface area (Å²) in [6.07, 6.45) is 18.3. The van der Waals surface area contributed by atoms with E-state index < -0.39 is 0 Å². The molecule has 0 bridgehead atoms. The van der Waals surface area contributed by atoms with Gasteiger partial charge in [-0.15, -0.1) is 0 Å². The smallest absolute Gasteiger partial charge is 0.0492 e. The molecule has 4 rings (SSSR count). The lowest BCUT2D eigenvalue weighted by atomic mass is 9.40. The Bertz CT molecular complexity index is 569. The topological polar surface area (TPSA) is 20.2 Å². The molecule has 1 N–H and O–H groups in total. The molecular weight excluding hydrogens is 352 g/mol. The summed E-state index contributed by atoms with van der Waals surface area (Å²) in [4.78, 5) is 0. The first-order valence-corrected chi connectivity index (χ1v) is 13.4. The van der Waals surface area contributed by atoms with Crippen LogP contribution in [0.5, 0.6) is 0 Å². The van der Waals surface area contributed by atoms with E-state index in [4.69, 9.17) is 0 Å². The van der Waals surface area contributed by atoms with Crippen molar-refractivity contribution in [3.05, 3.63) is 0 Å². The van der Waals surface area contributed by atoms with Crippen molar-refractivity contribution in [2.75, 3.05) is 6.61 Å². The largest absolute Gasteiger partial charge is 0.396 e. The summed E-state index contributed by atoms with van der Waals surface area (Å²) in [7, 11) is 0. The first-order chi connectivity index (χ1) is 13.8. The molecule has 0 aromatic heterocycles. The summed E-state index contributed by atoms with van der Waals surface area (Å²) in [6.45, 7) is 13.1. The molecule has 0 heterocycles. The van der Waals surface area contributed by atoms with E-state index in [9.17, 15) is 5.11 Å². The Morgan fingerprint density at radius 1 is 0.828 bits per heavy atom. The van der Waals surface area contributed by atoms with E-state index in [1.807, 2.05) is 0 Å². The normalized spacial score (nSPS) is 48.1. The Morgan fingerprint density at radius 2 is 1.59 bits per heavy atom. The van der Waals surface area contributed by atoms with Crippen LogP contribution in [0.15, 0.2) is 0 Å². The molecule has 1 nitrogen and oxygen atoms in total. The fourth-order valence-electron chi connectivity index (χ4n) is 9.78. The van der Waals surface area contributed by atoms with E-state index in [0.29, 0.717) is 17.4 Å². The van der Waals surface area contributed by atoms with Gasteiger partial charge in [-0.05, 0) is 103 Å². The molecule has 0 aromatic rings. The van der Waals surface area contributed by atoms with Gasteiger partial charge in [0, 0.05) is 6.61 Å². The second-order valence-corrected chi connectivity index (χ2v) is 13.0. The van der Waals surface area contributed by atoms with Crippen molar-refractivity contribution < 1.29 is 5.11 Å². The maximum Gasteiger partial charge on any atom is 0.0492 e. The van der Waals surface area contributed by atoms with E-state index in [1.165, 1.54) is 83.5 Å². The highest BCUT2D eigenvalue weighted by atomic mass is 16.3. The van der Waals surface area contributed by atoms with Crippen molar-refractivity contribution in [1.82, 2.24) is 0 Å². The van der Waals surface area contributed by atoms with E-state index in [1.54, 1.807) is 0 Å². The predicted octanol–water partition coefficient (Wildman–Crippen LogP) is 7.86. The highest BCUT2D eigenvalue weighted by Gasteiger charge is 2.63. The number of aliphatic hydroxyl groups is 1. The van der Waals surface area contributed by atoms with Crippen molar-refractivity contribution in [2.45, 2.75) is 118 Å². The number of aliphatic hydroxyl groups excluding tert-OH is 1. The third-order valence-electron chi connectivity index (χ3n) is 11.5. The van der Waals surface area contributed by atoms with Gasteiger partial charge < -0.3 is 5.11 Å². The molecule has 168 valence electrons. The maximum atomic E-state index is 10.5. The van der Waals surface area contributed by atoms with Crippen LogP contribution in [0.2, 0.25) is 0 Å². The number of hydrogen-bond donors (Lipinski definition) is 1. The molecule has 1 heteroatoms. The lowest BCUT2D eigenvalue weighted by Crippen LogP contribution is -2.59. The number of fused-ring (bicyclic) bond motifs is 5. The summed E-state index contributed by atoms with van der Waals surface area (Å²) in [5.74, 6) is 5.53. The molecule has 0 radical (unpaired) electrons. The van der Waals surface area contributed by atoms with Gasteiger partial charge >= 0.3 is 0 Å². The van der Waals surface area contributed by atoms with Gasteiger partial charge in [-0.25, -0.2) is 0 Å². The molecule has 0 spiro atoms. The van der Waals surface area contributed by atoms with E-state index >= 15 is 0 Å². The Morgan fingerprint density at radius 3 is 2.31 bits per heavy atom. The molecule has 0 saturated heterocycles. The summed E-state index contributed by atoms with van der Waals surface area (Å²) < 4.78 is 0. The molecule has 8 atom stereocenters. The molecule has 4 aliphatic carbocycles. The Hall–Kier alpha value is -0.0400.